The minimum atomic E-state index is -4.55. The Bertz CT molecular complexity index is 1060. The van der Waals surface area contributed by atoms with Crippen LogP contribution in [0.15, 0.2) is 59.6 Å². The molecule has 0 unspecified atom stereocenters. The van der Waals surface area contributed by atoms with E-state index in [1.165, 1.54) is 18.3 Å². The molecule has 1 aliphatic heterocycles. The number of phenolic OH excluding ortho intramolecular Hbond substituents is 1. The molecule has 3 aromatic carbocycles. The van der Waals surface area contributed by atoms with Crippen LogP contribution in [0.2, 0.25) is 0 Å². The summed E-state index contributed by atoms with van der Waals surface area (Å²) in [5.41, 5.74) is -0.125. The van der Waals surface area contributed by atoms with Gasteiger partial charge in [-0.2, -0.15) is 13.2 Å². The SMILES string of the molecule is Oc1ccc2ccccc2c1C=Nc1ccc(N2CCOCC2)cc1C(F)(F)F. The molecule has 7 heteroatoms. The van der Waals surface area contributed by atoms with E-state index in [9.17, 15) is 18.3 Å². The van der Waals surface area contributed by atoms with E-state index in [1.54, 1.807) is 24.3 Å². The fourth-order valence-corrected chi connectivity index (χ4v) is 3.44. The van der Waals surface area contributed by atoms with E-state index in [-0.39, 0.29) is 11.4 Å². The van der Waals surface area contributed by atoms with Gasteiger partial charge in [0, 0.05) is 30.6 Å². The van der Waals surface area contributed by atoms with Crippen LogP contribution < -0.4 is 4.90 Å². The minimum absolute atomic E-state index is 0.0362. The van der Waals surface area contributed by atoms with Gasteiger partial charge in [0.15, 0.2) is 0 Å². The molecule has 0 saturated carbocycles. The Morgan fingerprint density at radius 3 is 2.52 bits per heavy atom. The Morgan fingerprint density at radius 2 is 1.76 bits per heavy atom. The van der Waals surface area contributed by atoms with Gasteiger partial charge in [-0.15, -0.1) is 0 Å². The number of morpholine rings is 1. The van der Waals surface area contributed by atoms with Crippen LogP contribution in [0.3, 0.4) is 0 Å². The molecule has 29 heavy (non-hydrogen) atoms. The number of alkyl halides is 3. The molecular formula is C22H19F3N2O2. The second kappa shape index (κ2) is 7.75. The highest BCUT2D eigenvalue weighted by Gasteiger charge is 2.34. The van der Waals surface area contributed by atoms with Crippen molar-refractivity contribution in [3.8, 4) is 5.75 Å². The number of hydrogen-bond donors (Lipinski definition) is 1. The summed E-state index contributed by atoms with van der Waals surface area (Å²) in [5.74, 6) is -0.0362. The molecule has 1 fully saturated rings. The third-order valence-electron chi connectivity index (χ3n) is 4.94. The maximum absolute atomic E-state index is 13.7. The molecule has 0 atom stereocenters. The van der Waals surface area contributed by atoms with Crippen LogP contribution in [0.1, 0.15) is 11.1 Å². The normalized spacial score (nSPS) is 15.3. The number of aliphatic imine (C=N–C) groups is 1. The Hall–Kier alpha value is -3.06. The molecule has 150 valence electrons. The van der Waals surface area contributed by atoms with E-state index >= 15 is 0 Å². The third-order valence-corrected chi connectivity index (χ3v) is 4.94. The van der Waals surface area contributed by atoms with Gasteiger partial charge >= 0.3 is 6.18 Å². The van der Waals surface area contributed by atoms with Crippen molar-refractivity contribution in [2.45, 2.75) is 6.18 Å². The summed E-state index contributed by atoms with van der Waals surface area (Å²) in [6.07, 6.45) is -3.26. The summed E-state index contributed by atoms with van der Waals surface area (Å²) in [7, 11) is 0. The summed E-state index contributed by atoms with van der Waals surface area (Å²) in [4.78, 5) is 5.96. The number of ether oxygens (including phenoxy) is 1. The topological polar surface area (TPSA) is 45.1 Å². The van der Waals surface area contributed by atoms with Gasteiger partial charge in [-0.1, -0.05) is 30.3 Å². The lowest BCUT2D eigenvalue weighted by Gasteiger charge is -2.29. The number of aromatic hydroxyl groups is 1. The lowest BCUT2D eigenvalue weighted by molar-refractivity contribution is -0.137. The van der Waals surface area contributed by atoms with Crippen molar-refractivity contribution in [2.75, 3.05) is 31.2 Å². The second-order valence-electron chi connectivity index (χ2n) is 6.78. The van der Waals surface area contributed by atoms with Crippen molar-refractivity contribution >= 4 is 28.4 Å². The zero-order chi connectivity index (χ0) is 20.4. The predicted molar refractivity (Wildman–Crippen MR) is 107 cm³/mol. The van der Waals surface area contributed by atoms with Crippen LogP contribution in [0, 0.1) is 0 Å². The molecule has 4 rings (SSSR count). The predicted octanol–water partition coefficient (Wildman–Crippen LogP) is 5.15. The third kappa shape index (κ3) is 4.05. The van der Waals surface area contributed by atoms with Crippen molar-refractivity contribution in [1.29, 1.82) is 0 Å². The highest BCUT2D eigenvalue weighted by atomic mass is 19.4. The number of hydrogen-bond acceptors (Lipinski definition) is 4. The van der Waals surface area contributed by atoms with Crippen LogP contribution >= 0.6 is 0 Å². The van der Waals surface area contributed by atoms with E-state index in [2.05, 4.69) is 4.99 Å². The number of nitrogens with zero attached hydrogens (tertiary/aromatic N) is 2. The molecule has 1 aliphatic rings. The second-order valence-corrected chi connectivity index (χ2v) is 6.78. The number of benzene rings is 3. The van der Waals surface area contributed by atoms with Crippen LogP contribution in [0.4, 0.5) is 24.5 Å². The smallest absolute Gasteiger partial charge is 0.418 e. The molecule has 0 amide bonds. The van der Waals surface area contributed by atoms with Crippen molar-refractivity contribution in [2.24, 2.45) is 4.99 Å². The molecule has 0 bridgehead atoms. The number of anilines is 1. The quantitative estimate of drug-likeness (QED) is 0.619. The van der Waals surface area contributed by atoms with Gasteiger partial charge in [0.2, 0.25) is 0 Å². The van der Waals surface area contributed by atoms with Crippen LogP contribution in [0.5, 0.6) is 5.75 Å². The van der Waals surface area contributed by atoms with E-state index in [0.29, 0.717) is 37.6 Å². The van der Waals surface area contributed by atoms with Gasteiger partial charge in [0.25, 0.3) is 0 Å². The summed E-state index contributed by atoms with van der Waals surface area (Å²) in [6, 6.07) is 14.7. The summed E-state index contributed by atoms with van der Waals surface area (Å²) in [6.45, 7) is 2.07. The summed E-state index contributed by atoms with van der Waals surface area (Å²) >= 11 is 0. The molecule has 0 aliphatic carbocycles. The maximum atomic E-state index is 13.7. The lowest BCUT2D eigenvalue weighted by Crippen LogP contribution is -2.36. The van der Waals surface area contributed by atoms with Crippen molar-refractivity contribution in [1.82, 2.24) is 0 Å². The summed E-state index contributed by atoms with van der Waals surface area (Å²) in [5, 5.41) is 11.8. The minimum Gasteiger partial charge on any atom is -0.507 e. The largest absolute Gasteiger partial charge is 0.507 e. The fraction of sp³-hybridized carbons (Fsp3) is 0.227. The first kappa shape index (κ1) is 19.3. The number of fused-ring (bicyclic) bond motifs is 1. The van der Waals surface area contributed by atoms with Crippen molar-refractivity contribution in [3.63, 3.8) is 0 Å². The zero-order valence-corrected chi connectivity index (χ0v) is 15.5. The van der Waals surface area contributed by atoms with Crippen LogP contribution in [-0.4, -0.2) is 37.6 Å². The van der Waals surface area contributed by atoms with Gasteiger partial charge in [-0.25, -0.2) is 0 Å². The van der Waals surface area contributed by atoms with E-state index in [4.69, 9.17) is 4.74 Å². The highest BCUT2D eigenvalue weighted by Crippen LogP contribution is 2.39. The van der Waals surface area contributed by atoms with E-state index in [1.807, 2.05) is 17.0 Å². The van der Waals surface area contributed by atoms with Gasteiger partial charge in [0.05, 0.1) is 24.5 Å². The first-order valence-electron chi connectivity index (χ1n) is 9.22. The lowest BCUT2D eigenvalue weighted by atomic mass is 10.0. The Balaban J connectivity index is 1.74. The molecule has 4 nitrogen and oxygen atoms in total. The van der Waals surface area contributed by atoms with E-state index < -0.39 is 11.7 Å². The van der Waals surface area contributed by atoms with Gasteiger partial charge in [-0.05, 0) is 35.0 Å². The highest BCUT2D eigenvalue weighted by molar-refractivity contribution is 6.03. The van der Waals surface area contributed by atoms with Crippen molar-refractivity contribution < 1.29 is 23.0 Å². The van der Waals surface area contributed by atoms with Gasteiger partial charge in [0.1, 0.15) is 5.75 Å². The molecule has 1 heterocycles. The molecule has 0 aromatic heterocycles. The number of halogens is 3. The standard InChI is InChI=1S/C22H19F3N2O2/c23-22(24,25)19-13-16(27-9-11-29-12-10-27)6-7-20(19)26-14-18-17-4-2-1-3-15(17)5-8-21(18)28/h1-8,13-14,28H,9-12H2. The number of phenols is 1. The Morgan fingerprint density at radius 1 is 1.00 bits per heavy atom. The molecule has 1 N–H and O–H groups in total. The fourth-order valence-electron chi connectivity index (χ4n) is 3.44. The first-order chi connectivity index (χ1) is 13.9. The number of rotatable bonds is 3. The monoisotopic (exact) mass is 400 g/mol. The summed E-state index contributed by atoms with van der Waals surface area (Å²) < 4.78 is 46.3. The average Bonchev–Trinajstić information content (AvgIpc) is 2.73. The molecular weight excluding hydrogens is 381 g/mol. The van der Waals surface area contributed by atoms with Gasteiger partial charge < -0.3 is 14.7 Å². The average molecular weight is 400 g/mol. The Labute approximate surface area is 165 Å². The van der Waals surface area contributed by atoms with Crippen molar-refractivity contribution in [3.05, 3.63) is 65.7 Å². The van der Waals surface area contributed by atoms with E-state index in [0.717, 1.165) is 16.8 Å². The first-order valence-corrected chi connectivity index (χ1v) is 9.22. The molecule has 1 saturated heterocycles. The van der Waals surface area contributed by atoms with Crippen LogP contribution in [-0.2, 0) is 10.9 Å². The van der Waals surface area contributed by atoms with Crippen LogP contribution in [0.25, 0.3) is 10.8 Å². The maximum Gasteiger partial charge on any atom is 0.418 e. The zero-order valence-electron chi connectivity index (χ0n) is 15.5. The van der Waals surface area contributed by atoms with Gasteiger partial charge in [-0.3, -0.25) is 4.99 Å². The molecule has 0 radical (unpaired) electrons. The molecule has 0 spiro atoms. The molecule has 3 aromatic rings. The Kier molecular flexibility index (Phi) is 5.15.